The van der Waals surface area contributed by atoms with Crippen molar-refractivity contribution in [2.24, 2.45) is 27.9 Å². The number of amides is 4. The largest absolute Gasteiger partial charge is 0.481 e. The molecule has 0 aromatic heterocycles. The smallest absolute Gasteiger partial charge is 0.326 e. The summed E-state index contributed by atoms with van der Waals surface area (Å²) >= 11 is 0. The van der Waals surface area contributed by atoms with Crippen LogP contribution in [0.15, 0.2) is 4.99 Å². The molecule has 0 heterocycles. The summed E-state index contributed by atoms with van der Waals surface area (Å²) < 4.78 is 0. The Labute approximate surface area is 188 Å². The fraction of sp³-hybridized carbons (Fsp3) is 0.588. The molecule has 0 aliphatic heterocycles. The van der Waals surface area contributed by atoms with Crippen LogP contribution in [0.5, 0.6) is 0 Å². The predicted octanol–water partition coefficient (Wildman–Crippen LogP) is -4.72. The molecule has 4 amide bonds. The van der Waals surface area contributed by atoms with E-state index in [0.29, 0.717) is 0 Å². The Hall–Kier alpha value is -3.95. The van der Waals surface area contributed by atoms with Crippen molar-refractivity contribution in [2.45, 2.75) is 50.2 Å². The molecule has 0 saturated carbocycles. The summed E-state index contributed by atoms with van der Waals surface area (Å²) in [4.78, 5) is 73.9. The van der Waals surface area contributed by atoms with E-state index in [2.05, 4.69) is 20.9 Å². The molecule has 0 rings (SSSR count). The van der Waals surface area contributed by atoms with Crippen molar-refractivity contribution in [3.8, 4) is 0 Å². The molecule has 0 fully saturated rings. The van der Waals surface area contributed by atoms with Crippen LogP contribution in [-0.2, 0) is 28.8 Å². The van der Waals surface area contributed by atoms with Crippen molar-refractivity contribution < 1.29 is 39.0 Å². The summed E-state index contributed by atoms with van der Waals surface area (Å²) in [6.45, 7) is -0.305. The number of guanidine groups is 1. The second kappa shape index (κ2) is 15.0. The number of nitrogens with zero attached hydrogens (tertiary/aromatic N) is 1. The van der Waals surface area contributed by atoms with Crippen LogP contribution in [-0.4, -0.2) is 83.0 Å². The number of nitrogens with one attached hydrogen (secondary N) is 3. The maximum Gasteiger partial charge on any atom is 0.326 e. The van der Waals surface area contributed by atoms with E-state index >= 15 is 0 Å². The third-order valence-corrected chi connectivity index (χ3v) is 4.09. The first kappa shape index (κ1) is 29.0. The van der Waals surface area contributed by atoms with Gasteiger partial charge in [0.1, 0.15) is 18.1 Å². The average Bonchev–Trinajstić information content (AvgIpc) is 2.71. The summed E-state index contributed by atoms with van der Waals surface area (Å²) in [7, 11) is 0. The Morgan fingerprint density at radius 3 is 1.88 bits per heavy atom. The first-order chi connectivity index (χ1) is 15.4. The summed E-state index contributed by atoms with van der Waals surface area (Å²) in [6.07, 6.45) is -1.32. The van der Waals surface area contributed by atoms with E-state index in [-0.39, 0.29) is 38.2 Å². The fourth-order valence-corrected chi connectivity index (χ4v) is 2.50. The molecule has 0 bridgehead atoms. The van der Waals surface area contributed by atoms with Gasteiger partial charge in [-0.2, -0.15) is 0 Å². The van der Waals surface area contributed by atoms with Gasteiger partial charge in [0.05, 0.1) is 13.0 Å². The second-order valence-corrected chi connectivity index (χ2v) is 6.84. The van der Waals surface area contributed by atoms with Gasteiger partial charge in [-0.25, -0.2) is 4.79 Å². The first-order valence-electron chi connectivity index (χ1n) is 9.75. The Balaban J connectivity index is 5.41. The SMILES string of the molecule is NCC(=O)NC(CCCN=C(N)N)C(=O)NC(CC(=O)O)C(=O)NC(CCC(N)=O)C(=O)O. The molecule has 16 nitrogen and oxygen atoms in total. The van der Waals surface area contributed by atoms with Gasteiger partial charge in [0.15, 0.2) is 5.96 Å². The molecule has 0 radical (unpaired) electrons. The van der Waals surface area contributed by atoms with Crippen LogP contribution in [0.2, 0.25) is 0 Å². The summed E-state index contributed by atoms with van der Waals surface area (Å²) in [5.41, 5.74) is 20.6. The summed E-state index contributed by atoms with van der Waals surface area (Å²) in [5.74, 6) is -6.64. The minimum Gasteiger partial charge on any atom is -0.481 e. The molecule has 16 heteroatoms. The van der Waals surface area contributed by atoms with Crippen LogP contribution in [0.3, 0.4) is 0 Å². The number of aliphatic imine (C=N–C) groups is 1. The fourth-order valence-electron chi connectivity index (χ4n) is 2.50. The quantitative estimate of drug-likeness (QED) is 0.0581. The Morgan fingerprint density at radius 2 is 1.39 bits per heavy atom. The van der Waals surface area contributed by atoms with Gasteiger partial charge in [-0.3, -0.25) is 29.0 Å². The molecule has 33 heavy (non-hydrogen) atoms. The zero-order chi connectivity index (χ0) is 25.6. The Kier molecular flexibility index (Phi) is 13.2. The lowest BCUT2D eigenvalue weighted by molar-refractivity contribution is -0.143. The topological polar surface area (TPSA) is 295 Å². The van der Waals surface area contributed by atoms with Gasteiger partial charge in [0.25, 0.3) is 0 Å². The Bertz CT molecular complexity index is 768. The van der Waals surface area contributed by atoms with Crippen molar-refractivity contribution in [3.05, 3.63) is 0 Å². The Morgan fingerprint density at radius 1 is 0.818 bits per heavy atom. The minimum atomic E-state index is -1.68. The van der Waals surface area contributed by atoms with Crippen molar-refractivity contribution >= 4 is 41.5 Å². The summed E-state index contributed by atoms with van der Waals surface area (Å²) in [5, 5.41) is 24.8. The molecule has 3 unspecified atom stereocenters. The third-order valence-electron chi connectivity index (χ3n) is 4.09. The number of carboxylic acid groups (broad SMARTS) is 2. The minimum absolute atomic E-state index is 0.0200. The molecule has 0 spiro atoms. The number of carboxylic acids is 2. The molecular weight excluding hydrogens is 444 g/mol. The molecule has 186 valence electrons. The van der Waals surface area contributed by atoms with Gasteiger partial charge >= 0.3 is 11.9 Å². The van der Waals surface area contributed by atoms with Crippen molar-refractivity contribution in [1.82, 2.24) is 16.0 Å². The highest BCUT2D eigenvalue weighted by Gasteiger charge is 2.30. The van der Waals surface area contributed by atoms with Crippen LogP contribution < -0.4 is 38.9 Å². The second-order valence-electron chi connectivity index (χ2n) is 6.84. The van der Waals surface area contributed by atoms with Crippen LogP contribution in [0.25, 0.3) is 0 Å². The summed E-state index contributed by atoms with van der Waals surface area (Å²) in [6, 6.07) is -4.43. The molecule has 0 aromatic rings. The van der Waals surface area contributed by atoms with Gasteiger partial charge in [0.2, 0.25) is 23.6 Å². The van der Waals surface area contributed by atoms with Crippen molar-refractivity contribution in [2.75, 3.05) is 13.1 Å². The van der Waals surface area contributed by atoms with E-state index in [0.717, 1.165) is 0 Å². The van der Waals surface area contributed by atoms with Gasteiger partial charge in [0, 0.05) is 13.0 Å². The number of carbonyl (C=O) groups excluding carboxylic acids is 4. The van der Waals surface area contributed by atoms with Gasteiger partial charge in [-0.05, 0) is 19.3 Å². The van der Waals surface area contributed by atoms with E-state index in [1.54, 1.807) is 0 Å². The lowest BCUT2D eigenvalue weighted by Gasteiger charge is -2.23. The third kappa shape index (κ3) is 13.1. The van der Waals surface area contributed by atoms with Crippen molar-refractivity contribution in [1.29, 1.82) is 0 Å². The number of carbonyl (C=O) groups is 6. The zero-order valence-electron chi connectivity index (χ0n) is 17.8. The highest BCUT2D eigenvalue weighted by atomic mass is 16.4. The number of hydrogen-bond donors (Lipinski definition) is 9. The van der Waals surface area contributed by atoms with Crippen LogP contribution in [0.4, 0.5) is 0 Å². The maximum absolute atomic E-state index is 12.7. The maximum atomic E-state index is 12.7. The number of primary amides is 1. The van der Waals surface area contributed by atoms with Gasteiger partial charge in [-0.15, -0.1) is 0 Å². The molecule has 13 N–H and O–H groups in total. The molecule has 0 aliphatic carbocycles. The number of hydrogen-bond acceptors (Lipinski definition) is 8. The zero-order valence-corrected chi connectivity index (χ0v) is 17.8. The number of rotatable bonds is 16. The van der Waals surface area contributed by atoms with Crippen molar-refractivity contribution in [3.63, 3.8) is 0 Å². The highest BCUT2D eigenvalue weighted by Crippen LogP contribution is 2.04. The van der Waals surface area contributed by atoms with E-state index in [4.69, 9.17) is 28.0 Å². The van der Waals surface area contributed by atoms with Crippen LogP contribution in [0, 0.1) is 0 Å². The molecule has 0 aliphatic rings. The standard InChI is InChI=1S/C17H30N8O8/c18-7-12(27)23-8(2-1-5-22-17(20)21)14(30)25-10(6-13(28)29)15(31)24-9(16(32)33)3-4-11(19)26/h8-10H,1-7,18H2,(H2,19,26)(H,23,27)(H,24,31)(H,25,30)(H,28,29)(H,32,33)(H4,20,21,22). The van der Waals surface area contributed by atoms with E-state index in [9.17, 15) is 33.9 Å². The lowest BCUT2D eigenvalue weighted by Crippen LogP contribution is -2.56. The van der Waals surface area contributed by atoms with E-state index in [1.165, 1.54) is 0 Å². The van der Waals surface area contributed by atoms with Gasteiger partial charge < -0.3 is 49.1 Å². The monoisotopic (exact) mass is 474 g/mol. The number of aliphatic carboxylic acids is 2. The first-order valence-corrected chi connectivity index (χ1v) is 9.75. The highest BCUT2D eigenvalue weighted by molar-refractivity contribution is 5.95. The average molecular weight is 474 g/mol. The van der Waals surface area contributed by atoms with Crippen LogP contribution in [0.1, 0.15) is 32.1 Å². The molecule has 0 aromatic carbocycles. The molecule has 0 saturated heterocycles. The predicted molar refractivity (Wildman–Crippen MR) is 113 cm³/mol. The number of nitrogens with two attached hydrogens (primary N) is 4. The van der Waals surface area contributed by atoms with Gasteiger partial charge in [-0.1, -0.05) is 0 Å². The molecule has 3 atom stereocenters. The molecular formula is C17H30N8O8. The normalized spacial score (nSPS) is 13.0. The van der Waals surface area contributed by atoms with E-state index < -0.39 is 66.7 Å². The van der Waals surface area contributed by atoms with Crippen LogP contribution >= 0.6 is 0 Å². The lowest BCUT2D eigenvalue weighted by atomic mass is 10.1. The van der Waals surface area contributed by atoms with E-state index in [1.807, 2.05) is 0 Å².